The number of para-hydroxylation sites is 1. The first-order valence-corrected chi connectivity index (χ1v) is 8.65. The summed E-state index contributed by atoms with van der Waals surface area (Å²) in [6.45, 7) is 2.20. The lowest BCUT2D eigenvalue weighted by Crippen LogP contribution is -2.39. The van der Waals surface area contributed by atoms with E-state index in [1.54, 1.807) is 36.6 Å². The molecule has 1 aliphatic rings. The molecule has 5 heteroatoms. The normalized spacial score (nSPS) is 23.8. The first-order chi connectivity index (χ1) is 9.46. The third-order valence-corrected chi connectivity index (χ3v) is 6.20. The SMILES string of the molecule is CNc1ccccc1S(=O)(=O)N(C)C1CCCC(C)C1. The van der Waals surface area contributed by atoms with Crippen molar-refractivity contribution >= 4 is 15.7 Å². The number of benzene rings is 1. The Morgan fingerprint density at radius 3 is 2.60 bits per heavy atom. The molecule has 112 valence electrons. The quantitative estimate of drug-likeness (QED) is 0.929. The highest BCUT2D eigenvalue weighted by Crippen LogP contribution is 2.31. The van der Waals surface area contributed by atoms with E-state index in [1.165, 1.54) is 6.42 Å². The lowest BCUT2D eigenvalue weighted by Gasteiger charge is -2.33. The largest absolute Gasteiger partial charge is 0.387 e. The van der Waals surface area contributed by atoms with Crippen LogP contribution in [0.3, 0.4) is 0 Å². The fraction of sp³-hybridized carbons (Fsp3) is 0.600. The average Bonchev–Trinajstić information content (AvgIpc) is 2.46. The molecule has 4 nitrogen and oxygen atoms in total. The van der Waals surface area contributed by atoms with Crippen molar-refractivity contribution in [1.82, 2.24) is 4.31 Å². The molecule has 0 amide bonds. The van der Waals surface area contributed by atoms with Crippen LogP contribution in [0.2, 0.25) is 0 Å². The van der Waals surface area contributed by atoms with Crippen LogP contribution in [0.15, 0.2) is 29.2 Å². The van der Waals surface area contributed by atoms with Crippen LogP contribution in [0, 0.1) is 5.92 Å². The van der Waals surface area contributed by atoms with Gasteiger partial charge in [-0.3, -0.25) is 0 Å². The molecule has 1 aromatic rings. The van der Waals surface area contributed by atoms with Gasteiger partial charge in [0.25, 0.3) is 0 Å². The van der Waals surface area contributed by atoms with Gasteiger partial charge in [0.1, 0.15) is 4.90 Å². The van der Waals surface area contributed by atoms with Gasteiger partial charge in [-0.05, 0) is 30.9 Å². The fourth-order valence-corrected chi connectivity index (χ4v) is 4.57. The van der Waals surface area contributed by atoms with Gasteiger partial charge in [0.2, 0.25) is 10.0 Å². The van der Waals surface area contributed by atoms with E-state index in [4.69, 9.17) is 0 Å². The van der Waals surface area contributed by atoms with Crippen molar-refractivity contribution in [2.75, 3.05) is 19.4 Å². The molecule has 2 rings (SSSR count). The van der Waals surface area contributed by atoms with Crippen molar-refractivity contribution in [3.8, 4) is 0 Å². The molecule has 0 aromatic heterocycles. The number of nitrogens with one attached hydrogen (secondary N) is 1. The van der Waals surface area contributed by atoms with Crippen LogP contribution in [0.1, 0.15) is 32.6 Å². The molecule has 1 aliphatic carbocycles. The highest BCUT2D eigenvalue weighted by molar-refractivity contribution is 7.89. The molecule has 0 bridgehead atoms. The molecule has 1 saturated carbocycles. The standard InChI is InChI=1S/C15H24N2O2S/c1-12-7-6-8-13(11-12)17(3)20(18,19)15-10-5-4-9-14(15)16-2/h4-5,9-10,12-13,16H,6-8,11H2,1-3H3. The van der Waals surface area contributed by atoms with Gasteiger partial charge in [-0.1, -0.05) is 31.9 Å². The topological polar surface area (TPSA) is 49.4 Å². The van der Waals surface area contributed by atoms with Gasteiger partial charge in [0.05, 0.1) is 5.69 Å². The number of nitrogens with zero attached hydrogens (tertiary/aromatic N) is 1. The Balaban J connectivity index is 2.29. The number of hydrogen-bond acceptors (Lipinski definition) is 3. The lowest BCUT2D eigenvalue weighted by molar-refractivity contribution is 0.239. The van der Waals surface area contributed by atoms with Crippen molar-refractivity contribution < 1.29 is 8.42 Å². The molecule has 0 spiro atoms. The Morgan fingerprint density at radius 1 is 1.25 bits per heavy atom. The minimum absolute atomic E-state index is 0.119. The maximum atomic E-state index is 12.8. The summed E-state index contributed by atoms with van der Waals surface area (Å²) in [5.41, 5.74) is 0.656. The highest BCUT2D eigenvalue weighted by atomic mass is 32.2. The van der Waals surface area contributed by atoms with Gasteiger partial charge in [0, 0.05) is 20.1 Å². The molecule has 0 heterocycles. The van der Waals surface area contributed by atoms with Crippen LogP contribution < -0.4 is 5.32 Å². The third kappa shape index (κ3) is 2.99. The molecule has 0 aliphatic heterocycles. The number of anilines is 1. The minimum Gasteiger partial charge on any atom is -0.387 e. The van der Waals surface area contributed by atoms with E-state index in [9.17, 15) is 8.42 Å². The zero-order chi connectivity index (χ0) is 14.8. The van der Waals surface area contributed by atoms with Crippen molar-refractivity contribution in [2.45, 2.75) is 43.5 Å². The molecule has 0 saturated heterocycles. The summed E-state index contributed by atoms with van der Waals surface area (Å²) >= 11 is 0. The van der Waals surface area contributed by atoms with Crippen LogP contribution >= 0.6 is 0 Å². The zero-order valence-electron chi connectivity index (χ0n) is 12.5. The molecule has 1 N–H and O–H groups in total. The van der Waals surface area contributed by atoms with Crippen molar-refractivity contribution in [3.63, 3.8) is 0 Å². The van der Waals surface area contributed by atoms with Crippen molar-refractivity contribution in [3.05, 3.63) is 24.3 Å². The molecular weight excluding hydrogens is 272 g/mol. The summed E-state index contributed by atoms with van der Waals surface area (Å²) in [4.78, 5) is 0.364. The summed E-state index contributed by atoms with van der Waals surface area (Å²) in [5.74, 6) is 0.603. The van der Waals surface area contributed by atoms with Gasteiger partial charge in [-0.25, -0.2) is 8.42 Å². The monoisotopic (exact) mass is 296 g/mol. The molecule has 0 radical (unpaired) electrons. The van der Waals surface area contributed by atoms with Crippen molar-refractivity contribution in [2.24, 2.45) is 5.92 Å². The van der Waals surface area contributed by atoms with E-state index in [-0.39, 0.29) is 6.04 Å². The Hall–Kier alpha value is -1.07. The summed E-state index contributed by atoms with van der Waals surface area (Å²) in [6.07, 6.45) is 4.23. The smallest absolute Gasteiger partial charge is 0.245 e. The van der Waals surface area contributed by atoms with Crippen LogP contribution in [0.4, 0.5) is 5.69 Å². The number of rotatable bonds is 4. The van der Waals surface area contributed by atoms with Crippen LogP contribution in [0.5, 0.6) is 0 Å². The average molecular weight is 296 g/mol. The molecule has 20 heavy (non-hydrogen) atoms. The predicted octanol–water partition coefficient (Wildman–Crippen LogP) is 2.93. The minimum atomic E-state index is -3.43. The lowest BCUT2D eigenvalue weighted by atomic mass is 9.87. The van der Waals surface area contributed by atoms with E-state index >= 15 is 0 Å². The molecule has 2 atom stereocenters. The molecular formula is C15H24N2O2S. The Morgan fingerprint density at radius 2 is 1.95 bits per heavy atom. The van der Waals surface area contributed by atoms with Crippen LogP contribution in [-0.2, 0) is 10.0 Å². The number of sulfonamides is 1. The first-order valence-electron chi connectivity index (χ1n) is 7.21. The number of hydrogen-bond donors (Lipinski definition) is 1. The Bertz CT molecular complexity index is 557. The van der Waals surface area contributed by atoms with Crippen LogP contribution in [0.25, 0.3) is 0 Å². The maximum absolute atomic E-state index is 12.8. The van der Waals surface area contributed by atoms with Gasteiger partial charge in [0.15, 0.2) is 0 Å². The molecule has 1 aromatic carbocycles. The first kappa shape index (κ1) is 15.3. The zero-order valence-corrected chi connectivity index (χ0v) is 13.3. The third-order valence-electron chi connectivity index (χ3n) is 4.24. The molecule has 2 unspecified atom stereocenters. The summed E-state index contributed by atoms with van der Waals surface area (Å²) < 4.78 is 27.2. The van der Waals surface area contributed by atoms with E-state index in [2.05, 4.69) is 12.2 Å². The van der Waals surface area contributed by atoms with Crippen LogP contribution in [-0.4, -0.2) is 32.9 Å². The summed E-state index contributed by atoms with van der Waals surface area (Å²) in [6, 6.07) is 7.20. The van der Waals surface area contributed by atoms with E-state index in [1.807, 2.05) is 6.07 Å². The van der Waals surface area contributed by atoms with Crippen molar-refractivity contribution in [1.29, 1.82) is 0 Å². The van der Waals surface area contributed by atoms with E-state index in [0.717, 1.165) is 19.3 Å². The van der Waals surface area contributed by atoms with E-state index < -0.39 is 10.0 Å². The maximum Gasteiger partial charge on any atom is 0.245 e. The second-order valence-corrected chi connectivity index (χ2v) is 7.66. The predicted molar refractivity (Wildman–Crippen MR) is 82.4 cm³/mol. The van der Waals surface area contributed by atoms with Gasteiger partial charge in [-0.2, -0.15) is 4.31 Å². The fourth-order valence-electron chi connectivity index (χ4n) is 2.98. The highest BCUT2D eigenvalue weighted by Gasteiger charge is 2.32. The summed E-state index contributed by atoms with van der Waals surface area (Å²) in [5, 5.41) is 2.96. The van der Waals surface area contributed by atoms with E-state index in [0.29, 0.717) is 16.5 Å². The Labute approximate surface area is 122 Å². The summed E-state index contributed by atoms with van der Waals surface area (Å²) in [7, 11) is 0.0259. The molecule has 1 fully saturated rings. The van der Waals surface area contributed by atoms with Gasteiger partial charge in [-0.15, -0.1) is 0 Å². The second-order valence-electron chi connectivity index (χ2n) is 5.69. The second kappa shape index (κ2) is 6.14. The van der Waals surface area contributed by atoms with Gasteiger partial charge >= 0.3 is 0 Å². The Kier molecular flexibility index (Phi) is 4.70. The van der Waals surface area contributed by atoms with Gasteiger partial charge < -0.3 is 5.32 Å².